The molecule has 3 N–H and O–H groups in total. The molecule has 19 heavy (non-hydrogen) atoms. The maximum atomic E-state index is 11.4. The van der Waals surface area contributed by atoms with E-state index in [9.17, 15) is 14.4 Å². The summed E-state index contributed by atoms with van der Waals surface area (Å²) in [6, 6.07) is 8.70. The Hall–Kier alpha value is -2.57. The van der Waals surface area contributed by atoms with E-state index in [1.54, 1.807) is 35.6 Å². The van der Waals surface area contributed by atoms with Crippen LogP contribution in [0.1, 0.15) is 12.5 Å². The molecule has 1 amide bonds. The van der Waals surface area contributed by atoms with Gasteiger partial charge >= 0.3 is 18.0 Å². The third-order valence-corrected chi connectivity index (χ3v) is 2.42. The molecular formula is C12H13NO6. The zero-order chi connectivity index (χ0) is 14.5. The smallest absolute Gasteiger partial charge is 0.408 e. The van der Waals surface area contributed by atoms with Crippen LogP contribution in [0.4, 0.5) is 4.79 Å². The van der Waals surface area contributed by atoms with Crippen molar-refractivity contribution in [2.45, 2.75) is 19.1 Å². The first-order valence-electron chi connectivity index (χ1n) is 5.32. The molecule has 1 aromatic carbocycles. The van der Waals surface area contributed by atoms with E-state index in [1.165, 1.54) is 0 Å². The molecule has 0 unspecified atom stereocenters. The lowest BCUT2D eigenvalue weighted by molar-refractivity contribution is -0.157. The largest absolute Gasteiger partial charge is 0.479 e. The molecule has 7 heteroatoms. The third kappa shape index (κ3) is 3.70. The molecule has 0 aliphatic heterocycles. The molecule has 0 aliphatic carbocycles. The van der Waals surface area contributed by atoms with Crippen molar-refractivity contribution < 1.29 is 29.3 Å². The van der Waals surface area contributed by atoms with Gasteiger partial charge in [-0.2, -0.15) is 0 Å². The topological polar surface area (TPSA) is 113 Å². The van der Waals surface area contributed by atoms with E-state index in [2.05, 4.69) is 0 Å². The van der Waals surface area contributed by atoms with E-state index in [1.807, 2.05) is 0 Å². The van der Waals surface area contributed by atoms with Crippen molar-refractivity contribution in [1.82, 2.24) is 5.32 Å². The van der Waals surface area contributed by atoms with Crippen LogP contribution < -0.4 is 5.32 Å². The Bertz CT molecular complexity index is 470. The van der Waals surface area contributed by atoms with Crippen molar-refractivity contribution in [3.05, 3.63) is 35.9 Å². The number of nitrogens with one attached hydrogen (secondary N) is 1. The highest BCUT2D eigenvalue weighted by atomic mass is 16.5. The number of alkyl carbamates (subject to hydrolysis) is 1. The van der Waals surface area contributed by atoms with Crippen molar-refractivity contribution in [1.29, 1.82) is 0 Å². The Morgan fingerprint density at radius 1 is 1.16 bits per heavy atom. The Morgan fingerprint density at radius 2 is 1.68 bits per heavy atom. The molecule has 7 nitrogen and oxygen atoms in total. The van der Waals surface area contributed by atoms with Gasteiger partial charge in [0.2, 0.25) is 5.54 Å². The van der Waals surface area contributed by atoms with E-state index in [0.717, 1.165) is 6.92 Å². The average Bonchev–Trinajstić information content (AvgIpc) is 2.37. The van der Waals surface area contributed by atoms with E-state index >= 15 is 0 Å². The maximum Gasteiger partial charge on any atom is 0.408 e. The van der Waals surface area contributed by atoms with Crippen molar-refractivity contribution >= 4 is 18.0 Å². The molecule has 102 valence electrons. The van der Waals surface area contributed by atoms with Gasteiger partial charge in [0.15, 0.2) is 0 Å². The van der Waals surface area contributed by atoms with Crippen molar-refractivity contribution in [2.75, 3.05) is 0 Å². The first-order chi connectivity index (χ1) is 8.86. The van der Waals surface area contributed by atoms with Crippen LogP contribution in [0.3, 0.4) is 0 Å². The van der Waals surface area contributed by atoms with Gasteiger partial charge < -0.3 is 14.9 Å². The van der Waals surface area contributed by atoms with Crippen LogP contribution in [-0.4, -0.2) is 33.8 Å². The summed E-state index contributed by atoms with van der Waals surface area (Å²) in [5, 5.41) is 19.4. The number of rotatable bonds is 5. The normalized spacial score (nSPS) is 10.6. The lowest BCUT2D eigenvalue weighted by Crippen LogP contribution is -2.58. The fraction of sp³-hybridized carbons (Fsp3) is 0.250. The number of carboxylic acid groups (broad SMARTS) is 2. The lowest BCUT2D eigenvalue weighted by atomic mass is 10.0. The lowest BCUT2D eigenvalue weighted by Gasteiger charge is -2.20. The Kier molecular flexibility index (Phi) is 4.46. The highest BCUT2D eigenvalue weighted by Gasteiger charge is 2.43. The van der Waals surface area contributed by atoms with E-state index in [0.29, 0.717) is 5.56 Å². The monoisotopic (exact) mass is 267 g/mol. The molecular weight excluding hydrogens is 254 g/mol. The fourth-order valence-electron chi connectivity index (χ4n) is 1.16. The zero-order valence-corrected chi connectivity index (χ0v) is 10.1. The summed E-state index contributed by atoms with van der Waals surface area (Å²) in [4.78, 5) is 33.0. The third-order valence-electron chi connectivity index (χ3n) is 2.42. The van der Waals surface area contributed by atoms with E-state index < -0.39 is 23.6 Å². The molecule has 1 rings (SSSR count). The number of ether oxygens (including phenoxy) is 1. The van der Waals surface area contributed by atoms with Crippen LogP contribution in [0.2, 0.25) is 0 Å². The minimum Gasteiger partial charge on any atom is -0.479 e. The minimum atomic E-state index is -2.42. The van der Waals surface area contributed by atoms with Gasteiger partial charge in [-0.1, -0.05) is 30.3 Å². The molecule has 0 bridgehead atoms. The van der Waals surface area contributed by atoms with Crippen molar-refractivity contribution in [2.24, 2.45) is 0 Å². The van der Waals surface area contributed by atoms with Gasteiger partial charge in [0.05, 0.1) is 0 Å². The van der Waals surface area contributed by atoms with Gasteiger partial charge in [-0.05, 0) is 12.5 Å². The van der Waals surface area contributed by atoms with Crippen LogP contribution in [0, 0.1) is 0 Å². The van der Waals surface area contributed by atoms with Gasteiger partial charge in [-0.3, -0.25) is 5.32 Å². The number of hydrogen-bond acceptors (Lipinski definition) is 4. The Balaban J connectivity index is 2.60. The van der Waals surface area contributed by atoms with Crippen LogP contribution in [0.25, 0.3) is 0 Å². The van der Waals surface area contributed by atoms with Gasteiger partial charge in [-0.25, -0.2) is 14.4 Å². The molecule has 0 spiro atoms. The maximum absolute atomic E-state index is 11.4. The first-order valence-corrected chi connectivity index (χ1v) is 5.32. The number of amides is 1. The number of carbonyl (C=O) groups is 3. The van der Waals surface area contributed by atoms with Crippen LogP contribution in [0.5, 0.6) is 0 Å². The highest BCUT2D eigenvalue weighted by Crippen LogP contribution is 2.06. The van der Waals surface area contributed by atoms with E-state index in [-0.39, 0.29) is 6.61 Å². The summed E-state index contributed by atoms with van der Waals surface area (Å²) < 4.78 is 4.75. The molecule has 0 saturated heterocycles. The number of hydrogen-bond donors (Lipinski definition) is 3. The van der Waals surface area contributed by atoms with Gasteiger partial charge in [-0.15, -0.1) is 0 Å². The standard InChI is InChI=1S/C12H13NO6/c1-12(9(14)15,10(16)17)13-11(18)19-7-8-5-3-2-4-6-8/h2-6H,7H2,1H3,(H,13,18)(H,14,15)(H,16,17). The number of benzene rings is 1. The molecule has 0 aromatic heterocycles. The highest BCUT2D eigenvalue weighted by molar-refractivity contribution is 6.05. The summed E-state index contributed by atoms with van der Waals surface area (Å²) in [5.41, 5.74) is -1.72. The van der Waals surface area contributed by atoms with Crippen LogP contribution in [0.15, 0.2) is 30.3 Å². The summed E-state index contributed by atoms with van der Waals surface area (Å²) in [6.45, 7) is 0.781. The molecule has 0 radical (unpaired) electrons. The van der Waals surface area contributed by atoms with Crippen molar-refractivity contribution in [3.63, 3.8) is 0 Å². The molecule has 0 saturated carbocycles. The molecule has 1 aromatic rings. The predicted molar refractivity (Wildman–Crippen MR) is 63.4 cm³/mol. The first kappa shape index (κ1) is 14.5. The Morgan fingerprint density at radius 3 is 2.16 bits per heavy atom. The molecule has 0 aliphatic rings. The quantitative estimate of drug-likeness (QED) is 0.681. The van der Waals surface area contributed by atoms with E-state index in [4.69, 9.17) is 14.9 Å². The fourth-order valence-corrected chi connectivity index (χ4v) is 1.16. The van der Waals surface area contributed by atoms with Crippen LogP contribution >= 0.6 is 0 Å². The SMILES string of the molecule is CC(NC(=O)OCc1ccccc1)(C(=O)O)C(=O)O. The number of carbonyl (C=O) groups excluding carboxylic acids is 1. The molecule has 0 heterocycles. The van der Waals surface area contributed by atoms with Crippen molar-refractivity contribution in [3.8, 4) is 0 Å². The Labute approximate surface area is 108 Å². The van der Waals surface area contributed by atoms with Crippen LogP contribution in [-0.2, 0) is 20.9 Å². The summed E-state index contributed by atoms with van der Waals surface area (Å²) in [6.07, 6.45) is -1.11. The molecule has 0 fully saturated rings. The minimum absolute atomic E-state index is 0.0814. The number of aliphatic carboxylic acids is 2. The number of carboxylic acids is 2. The summed E-state index contributed by atoms with van der Waals surface area (Å²) in [5.74, 6) is -3.37. The van der Waals surface area contributed by atoms with Gasteiger partial charge in [0, 0.05) is 0 Å². The van der Waals surface area contributed by atoms with Gasteiger partial charge in [0.25, 0.3) is 0 Å². The summed E-state index contributed by atoms with van der Waals surface area (Å²) >= 11 is 0. The van der Waals surface area contributed by atoms with Gasteiger partial charge in [0.1, 0.15) is 6.61 Å². The second-order valence-corrected chi connectivity index (χ2v) is 3.92. The zero-order valence-electron chi connectivity index (χ0n) is 10.1. The second-order valence-electron chi connectivity index (χ2n) is 3.92. The summed E-state index contributed by atoms with van der Waals surface area (Å²) in [7, 11) is 0. The average molecular weight is 267 g/mol. The predicted octanol–water partition coefficient (Wildman–Crippen LogP) is 0.841. The second kappa shape index (κ2) is 5.85. The molecule has 0 atom stereocenters.